The Morgan fingerprint density at radius 1 is 0.349 bits per heavy atom. The fourth-order valence-electron chi connectivity index (χ4n) is 21.1. The van der Waals surface area contributed by atoms with E-state index in [1.54, 1.807) is 70.1 Å². The fourth-order valence-corrected chi connectivity index (χ4v) is 28.7. The van der Waals surface area contributed by atoms with Crippen LogP contribution < -0.4 is 43.9 Å². The number of nitrogens with one attached hydrogen (secondary N) is 1. The Bertz CT molecular complexity index is 7200. The minimum Gasteiger partial charge on any atom is -0.481 e. The average molecular weight is 2190 g/mol. The first-order chi connectivity index (χ1) is 71.1. The number of pyridine rings is 4. The van der Waals surface area contributed by atoms with Crippen molar-refractivity contribution in [3.8, 4) is 68.5 Å². The summed E-state index contributed by atoms with van der Waals surface area (Å²) >= 11 is 6.84. The van der Waals surface area contributed by atoms with Crippen LogP contribution in [0.4, 0.5) is 23.8 Å². The van der Waals surface area contributed by atoms with Crippen molar-refractivity contribution in [3.05, 3.63) is 113 Å². The van der Waals surface area contributed by atoms with Gasteiger partial charge < -0.3 is 58.6 Å². The van der Waals surface area contributed by atoms with Crippen molar-refractivity contribution in [3.63, 3.8) is 0 Å². The highest BCUT2D eigenvalue weighted by Crippen LogP contribution is 2.46. The number of likely N-dealkylation sites (tertiary alicyclic amines) is 2. The summed E-state index contributed by atoms with van der Waals surface area (Å²) in [5.41, 5.74) is 17.6. The van der Waals surface area contributed by atoms with Crippen LogP contribution in [0.15, 0.2) is 49.1 Å². The number of rotatable bonds is 31. The number of hydrogen-bond donors (Lipinski definition) is 1. The van der Waals surface area contributed by atoms with Gasteiger partial charge in [-0.1, -0.05) is 0 Å². The summed E-state index contributed by atoms with van der Waals surface area (Å²) in [5.74, 6) is 3.74. The largest absolute Gasteiger partial charge is 0.481 e. The molecular formula is C106H149N23O12S8. The van der Waals surface area contributed by atoms with Gasteiger partial charge in [-0.3, -0.25) is 14.7 Å². The maximum Gasteiger partial charge on any atom is 0.226 e. The second-order valence-corrected chi connectivity index (χ2v) is 55.2. The van der Waals surface area contributed by atoms with Gasteiger partial charge in [0.2, 0.25) is 47.3 Å². The van der Waals surface area contributed by atoms with E-state index in [0.29, 0.717) is 63.9 Å². The number of aromatic nitrogens is 12. The van der Waals surface area contributed by atoms with Crippen molar-refractivity contribution in [2.24, 2.45) is 0 Å². The molecule has 0 unspecified atom stereocenters. The Balaban J connectivity index is 0.000000142. The average Bonchev–Trinajstić information content (AvgIpc) is 1.63. The van der Waals surface area contributed by atoms with Gasteiger partial charge in [0.1, 0.15) is 0 Å². The topological polar surface area (TPSA) is 373 Å². The Labute approximate surface area is 895 Å². The standard InChI is InChI=1S/C30H44N6O3S2.C28H40N6O3S2.C25H34N6O3S2.C23H31N5O3S2/c1-20(2)34(4)24-10-14-35(15-11-24)18-25-21(3)40-28-26(32-30(33-27(25)28)36-12-8-7-9-13-36)22-16-23(19-41(6,37)38)29(39-5)31-17-22;1-19-23(17-33-13-9-22(10-14-33)32(2)3)25-26(38-19)24(30-28(31-25)34-11-7-6-8-12-34)20-15-21(18-39(5,35)36)27(37-4)29-16-20;1-17-20(15-30-11-7-26-8-12-30)22-23(35-17)21(28-25(29-22)31-9-5-4-6-10-31)18-13-19(16-36(3,32)33)24(34-2)27-14-18;1-15-18(13-27(2)3)20-21(32-15)19(25-23(26-20)28-9-7-6-8-10-28)16-11-17(14-33(5,29)30)22(31-4)24-12-16/h16-17,20,24H,7-15,18-19H2,1-6H3;15-16,22H,6-14,17-18H2,1-5H3;13-14,26H,4-12,15-16H2,1-3H3;11-12H,6-10,13-14H2,1-5H3. The molecule has 19 rings (SSSR count). The lowest BCUT2D eigenvalue weighted by molar-refractivity contribution is 0.104. The van der Waals surface area contributed by atoms with E-state index in [2.05, 4.69) is 151 Å². The lowest BCUT2D eigenvalue weighted by Crippen LogP contribution is -2.45. The maximum absolute atomic E-state index is 12.2. The van der Waals surface area contributed by atoms with Crippen LogP contribution in [0.2, 0.25) is 0 Å². The van der Waals surface area contributed by atoms with E-state index in [1.807, 2.05) is 24.3 Å². The van der Waals surface area contributed by atoms with Crippen molar-refractivity contribution in [1.82, 2.24) is 94.5 Å². The van der Waals surface area contributed by atoms with Crippen LogP contribution in [0.5, 0.6) is 23.5 Å². The first kappa shape index (κ1) is 112. The second kappa shape index (κ2) is 49.4. The van der Waals surface area contributed by atoms with Gasteiger partial charge in [-0.15, -0.1) is 45.3 Å². The molecule has 7 aliphatic heterocycles. The molecule has 7 aliphatic rings. The van der Waals surface area contributed by atoms with Gasteiger partial charge in [-0.25, -0.2) is 93.5 Å². The number of anilines is 4. The number of aryl methyl sites for hydroxylation is 4. The van der Waals surface area contributed by atoms with Gasteiger partial charge in [-0.05, 0) is 230 Å². The maximum atomic E-state index is 12.2. The number of hydrogen-bond acceptors (Lipinski definition) is 39. The third-order valence-electron chi connectivity index (χ3n) is 29.1. The van der Waals surface area contributed by atoms with E-state index in [0.717, 1.165) is 292 Å². The van der Waals surface area contributed by atoms with Crippen molar-refractivity contribution in [1.29, 1.82) is 0 Å². The highest BCUT2D eigenvalue weighted by molar-refractivity contribution is 7.90. The first-order valence-electron chi connectivity index (χ1n) is 52.1. The SMILES string of the molecule is COc1ncc(-c2nc(N3CCCCC3)nc3c(CN(C)C)c(C)sc23)cc1CS(C)(=O)=O.COc1ncc(-c2nc(N3CCCCC3)nc3c(CN4CCC(N(C)C(C)C)CC4)c(C)sc23)cc1CS(C)(=O)=O.COc1ncc(-c2nc(N3CCCCC3)nc3c(CN4CCC(N(C)C)CC4)c(C)sc23)cc1CS(C)(=O)=O.COc1ncc(-c2nc(N3CCCCC3)nc3c(CN4CCNCC4)c(C)sc23)cc1CS(C)(=O)=O. The molecule has 7 fully saturated rings. The van der Waals surface area contributed by atoms with E-state index in [-0.39, 0.29) is 23.0 Å². The normalized spacial score (nSPS) is 17.1. The van der Waals surface area contributed by atoms with E-state index < -0.39 is 39.3 Å². The third kappa shape index (κ3) is 28.3. The number of methoxy groups -OCH3 is 4. The van der Waals surface area contributed by atoms with Gasteiger partial charge >= 0.3 is 0 Å². The summed E-state index contributed by atoms with van der Waals surface area (Å²) in [4.78, 5) is 87.4. The highest BCUT2D eigenvalue weighted by atomic mass is 32.2. The van der Waals surface area contributed by atoms with Crippen LogP contribution in [0.3, 0.4) is 0 Å². The molecule has 0 saturated carbocycles. The molecule has 0 radical (unpaired) electrons. The lowest BCUT2D eigenvalue weighted by atomic mass is 10.0. The molecular weight excluding hydrogens is 2040 g/mol. The molecule has 1 N–H and O–H groups in total. The fraction of sp³-hybridized carbons (Fsp3) is 0.585. The lowest BCUT2D eigenvalue weighted by Gasteiger charge is -2.38. The number of sulfone groups is 4. The number of piperazine rings is 1. The molecule has 0 amide bonds. The number of nitrogens with zero attached hydrogens (tertiary/aromatic N) is 22. The molecule has 12 aromatic rings. The van der Waals surface area contributed by atoms with Gasteiger partial charge in [0.15, 0.2) is 39.3 Å². The predicted molar refractivity (Wildman–Crippen MR) is 605 cm³/mol. The van der Waals surface area contributed by atoms with E-state index >= 15 is 0 Å². The summed E-state index contributed by atoms with van der Waals surface area (Å²) in [7, 11) is 3.68. The zero-order valence-electron chi connectivity index (χ0n) is 90.1. The van der Waals surface area contributed by atoms with Crippen LogP contribution in [-0.2, 0) is 88.5 Å². The molecule has 0 spiro atoms. The molecule has 19 heterocycles. The number of ether oxygens (including phenoxy) is 4. The zero-order valence-corrected chi connectivity index (χ0v) is 96.7. The molecule has 149 heavy (non-hydrogen) atoms. The summed E-state index contributed by atoms with van der Waals surface area (Å²) < 4.78 is 123. The van der Waals surface area contributed by atoms with Crippen LogP contribution in [0.1, 0.15) is 181 Å². The molecule has 43 heteroatoms. The predicted octanol–water partition coefficient (Wildman–Crippen LogP) is 15.7. The molecule has 0 bridgehead atoms. The molecule has 808 valence electrons. The van der Waals surface area contributed by atoms with Crippen LogP contribution in [0.25, 0.3) is 85.9 Å². The quantitative estimate of drug-likeness (QED) is 0.0422. The van der Waals surface area contributed by atoms with Crippen molar-refractivity contribution in [2.75, 3.05) is 213 Å². The summed E-state index contributed by atoms with van der Waals surface area (Å²) in [5, 5.41) is 3.43. The van der Waals surface area contributed by atoms with E-state index in [4.69, 9.17) is 58.8 Å². The first-order valence-corrected chi connectivity index (χ1v) is 63.6. The number of fused-ring (bicyclic) bond motifs is 4. The van der Waals surface area contributed by atoms with Crippen molar-refractivity contribution >= 4 is 149 Å². The Kier molecular flexibility index (Phi) is 37.2. The zero-order chi connectivity index (χ0) is 106. The Morgan fingerprint density at radius 3 is 0.839 bits per heavy atom. The monoisotopic (exact) mass is 2190 g/mol. The molecule has 35 nitrogen and oxygen atoms in total. The molecule has 0 aromatic carbocycles. The number of piperidine rings is 6. The van der Waals surface area contributed by atoms with Crippen LogP contribution >= 0.6 is 45.3 Å². The number of thiophene rings is 4. The van der Waals surface area contributed by atoms with Crippen molar-refractivity contribution < 1.29 is 52.6 Å². The van der Waals surface area contributed by atoms with E-state index in [1.165, 1.54) is 147 Å². The van der Waals surface area contributed by atoms with Crippen LogP contribution in [0, 0.1) is 27.7 Å². The molecule has 7 saturated heterocycles. The minimum atomic E-state index is -3.28. The van der Waals surface area contributed by atoms with Crippen molar-refractivity contribution in [2.45, 2.75) is 212 Å². The van der Waals surface area contributed by atoms with Gasteiger partial charge in [0, 0.05) is 259 Å². The van der Waals surface area contributed by atoms with E-state index in [9.17, 15) is 33.7 Å². The summed E-state index contributed by atoms with van der Waals surface area (Å²) in [6.45, 7) is 32.5. The smallest absolute Gasteiger partial charge is 0.226 e. The molecule has 12 aromatic heterocycles. The second-order valence-electron chi connectivity index (χ2n) is 41.8. The Hall–Kier alpha value is -9.32. The van der Waals surface area contributed by atoms with Gasteiger partial charge in [0.05, 0.1) is 115 Å². The minimum absolute atomic E-state index is 0.137. The molecule has 0 aliphatic carbocycles. The summed E-state index contributed by atoms with van der Waals surface area (Å²) in [6.07, 6.45) is 30.5. The van der Waals surface area contributed by atoms with Gasteiger partial charge in [-0.2, -0.15) is 0 Å². The third-order valence-corrected chi connectivity index (χ3v) is 37.1. The van der Waals surface area contributed by atoms with Crippen LogP contribution in [-0.4, -0.2) is 334 Å². The van der Waals surface area contributed by atoms with Gasteiger partial charge in [0.25, 0.3) is 0 Å². The summed E-state index contributed by atoms with van der Waals surface area (Å²) in [6, 6.07) is 9.28. The highest BCUT2D eigenvalue weighted by Gasteiger charge is 2.34. The molecule has 0 atom stereocenters. The Morgan fingerprint density at radius 2 is 0.597 bits per heavy atom.